The van der Waals surface area contributed by atoms with E-state index in [0.29, 0.717) is 6.10 Å². The van der Waals surface area contributed by atoms with E-state index in [4.69, 9.17) is 9.72 Å². The number of rotatable bonds is 4. The SMILES string of the molecule is O=C(c1cc(-c2cccs2)nc2ccccc12)N1CCN(C[C@H]2CCCO2)CC1. The van der Waals surface area contributed by atoms with Crippen LogP contribution in [0.5, 0.6) is 0 Å². The quantitative estimate of drug-likeness (QED) is 0.658. The summed E-state index contributed by atoms with van der Waals surface area (Å²) in [7, 11) is 0. The molecule has 150 valence electrons. The summed E-state index contributed by atoms with van der Waals surface area (Å²) >= 11 is 1.65. The van der Waals surface area contributed by atoms with Crippen molar-refractivity contribution in [2.75, 3.05) is 39.3 Å². The molecule has 3 aromatic rings. The van der Waals surface area contributed by atoms with Crippen molar-refractivity contribution in [3.63, 3.8) is 0 Å². The molecule has 0 bridgehead atoms. The van der Waals surface area contributed by atoms with E-state index in [1.807, 2.05) is 46.7 Å². The molecule has 0 saturated carbocycles. The second-order valence-corrected chi connectivity index (χ2v) is 8.73. The summed E-state index contributed by atoms with van der Waals surface area (Å²) in [6.07, 6.45) is 2.70. The molecule has 1 atom stereocenters. The number of nitrogens with zero attached hydrogens (tertiary/aromatic N) is 3. The third-order valence-corrected chi connectivity index (χ3v) is 6.76. The number of benzene rings is 1. The van der Waals surface area contributed by atoms with Gasteiger partial charge in [-0.3, -0.25) is 9.69 Å². The first-order valence-corrected chi connectivity index (χ1v) is 11.2. The van der Waals surface area contributed by atoms with Crippen LogP contribution in [-0.4, -0.2) is 66.1 Å². The smallest absolute Gasteiger partial charge is 0.254 e. The monoisotopic (exact) mass is 407 g/mol. The average Bonchev–Trinajstić information content (AvgIpc) is 3.47. The normalized spacial score (nSPS) is 20.4. The van der Waals surface area contributed by atoms with Crippen molar-refractivity contribution in [2.45, 2.75) is 18.9 Å². The first-order valence-electron chi connectivity index (χ1n) is 10.3. The Morgan fingerprint density at radius 3 is 2.76 bits per heavy atom. The van der Waals surface area contributed by atoms with E-state index in [1.54, 1.807) is 11.3 Å². The number of amides is 1. The van der Waals surface area contributed by atoms with Crippen molar-refractivity contribution in [1.29, 1.82) is 0 Å². The zero-order valence-electron chi connectivity index (χ0n) is 16.4. The van der Waals surface area contributed by atoms with Gasteiger partial charge in [0.05, 0.1) is 27.8 Å². The molecule has 0 radical (unpaired) electrons. The Kier molecular flexibility index (Phi) is 5.31. The Morgan fingerprint density at radius 2 is 2.00 bits per heavy atom. The zero-order chi connectivity index (χ0) is 19.6. The van der Waals surface area contributed by atoms with Crippen LogP contribution in [0.4, 0.5) is 0 Å². The van der Waals surface area contributed by atoms with Crippen LogP contribution in [-0.2, 0) is 4.74 Å². The summed E-state index contributed by atoms with van der Waals surface area (Å²) in [6.45, 7) is 5.22. The number of hydrogen-bond acceptors (Lipinski definition) is 5. The average molecular weight is 408 g/mol. The molecular formula is C23H25N3O2S. The Balaban J connectivity index is 1.37. The first-order chi connectivity index (χ1) is 14.3. The van der Waals surface area contributed by atoms with Crippen molar-refractivity contribution in [1.82, 2.24) is 14.8 Å². The minimum absolute atomic E-state index is 0.109. The molecular weight excluding hydrogens is 382 g/mol. The van der Waals surface area contributed by atoms with Gasteiger partial charge < -0.3 is 9.64 Å². The fourth-order valence-electron chi connectivity index (χ4n) is 4.28. The fraction of sp³-hybridized carbons (Fsp3) is 0.391. The number of carbonyl (C=O) groups is 1. The van der Waals surface area contributed by atoms with Gasteiger partial charge >= 0.3 is 0 Å². The zero-order valence-corrected chi connectivity index (χ0v) is 17.2. The predicted molar refractivity (Wildman–Crippen MR) is 116 cm³/mol. The molecule has 2 aromatic heterocycles. The summed E-state index contributed by atoms with van der Waals surface area (Å²) in [5, 5.41) is 2.97. The van der Waals surface area contributed by atoms with Crippen LogP contribution in [0, 0.1) is 0 Å². The van der Waals surface area contributed by atoms with Crippen molar-refractivity contribution < 1.29 is 9.53 Å². The summed E-state index contributed by atoms with van der Waals surface area (Å²) in [4.78, 5) is 23.8. The largest absolute Gasteiger partial charge is 0.377 e. The molecule has 5 rings (SSSR count). The predicted octanol–water partition coefficient (Wildman–Crippen LogP) is 3.90. The number of aromatic nitrogens is 1. The number of ether oxygens (including phenoxy) is 1. The lowest BCUT2D eigenvalue weighted by Gasteiger charge is -2.36. The molecule has 2 aliphatic heterocycles. The Bertz CT molecular complexity index is 991. The highest BCUT2D eigenvalue weighted by molar-refractivity contribution is 7.13. The van der Waals surface area contributed by atoms with Crippen LogP contribution in [0.3, 0.4) is 0 Å². The van der Waals surface area contributed by atoms with E-state index >= 15 is 0 Å². The maximum atomic E-state index is 13.4. The number of carbonyl (C=O) groups excluding carboxylic acids is 1. The van der Waals surface area contributed by atoms with Gasteiger partial charge in [-0.15, -0.1) is 11.3 Å². The van der Waals surface area contributed by atoms with Crippen molar-refractivity contribution in [2.24, 2.45) is 0 Å². The third-order valence-electron chi connectivity index (χ3n) is 5.87. The van der Waals surface area contributed by atoms with Gasteiger partial charge in [-0.2, -0.15) is 0 Å². The van der Waals surface area contributed by atoms with E-state index in [9.17, 15) is 4.79 Å². The molecule has 5 nitrogen and oxygen atoms in total. The van der Waals surface area contributed by atoms with E-state index in [-0.39, 0.29) is 5.91 Å². The molecule has 1 amide bonds. The number of hydrogen-bond donors (Lipinski definition) is 0. The Morgan fingerprint density at radius 1 is 1.14 bits per heavy atom. The van der Waals surface area contributed by atoms with Gasteiger partial charge in [-0.05, 0) is 36.4 Å². The van der Waals surface area contributed by atoms with Crippen LogP contribution >= 0.6 is 11.3 Å². The van der Waals surface area contributed by atoms with Gasteiger partial charge in [0.1, 0.15) is 0 Å². The van der Waals surface area contributed by atoms with E-state index in [2.05, 4.69) is 11.0 Å². The summed E-state index contributed by atoms with van der Waals surface area (Å²) in [6, 6.07) is 14.0. The lowest BCUT2D eigenvalue weighted by atomic mass is 10.1. The minimum Gasteiger partial charge on any atom is -0.377 e. The van der Waals surface area contributed by atoms with E-state index in [1.165, 1.54) is 6.42 Å². The molecule has 0 aliphatic carbocycles. The minimum atomic E-state index is 0.109. The molecule has 4 heterocycles. The number of piperazine rings is 1. The summed E-state index contributed by atoms with van der Waals surface area (Å²) in [5.74, 6) is 0.109. The summed E-state index contributed by atoms with van der Waals surface area (Å²) in [5.41, 5.74) is 2.50. The molecule has 0 unspecified atom stereocenters. The van der Waals surface area contributed by atoms with Crippen molar-refractivity contribution in [3.05, 3.63) is 53.4 Å². The molecule has 2 aliphatic rings. The van der Waals surface area contributed by atoms with Gasteiger partial charge in [0.25, 0.3) is 5.91 Å². The molecule has 6 heteroatoms. The van der Waals surface area contributed by atoms with E-state index in [0.717, 1.165) is 72.8 Å². The lowest BCUT2D eigenvalue weighted by Crippen LogP contribution is -2.50. The van der Waals surface area contributed by atoms with Crippen LogP contribution in [0.1, 0.15) is 23.2 Å². The number of para-hydroxylation sites is 1. The molecule has 1 aromatic carbocycles. The van der Waals surface area contributed by atoms with Crippen LogP contribution in [0.25, 0.3) is 21.5 Å². The van der Waals surface area contributed by atoms with Gasteiger partial charge in [-0.25, -0.2) is 4.98 Å². The molecule has 0 N–H and O–H groups in total. The maximum absolute atomic E-state index is 13.4. The van der Waals surface area contributed by atoms with Gasteiger partial charge in [-0.1, -0.05) is 24.3 Å². The van der Waals surface area contributed by atoms with Crippen LogP contribution in [0.2, 0.25) is 0 Å². The number of pyridine rings is 1. The third kappa shape index (κ3) is 3.92. The topological polar surface area (TPSA) is 45.7 Å². The second kappa shape index (κ2) is 8.22. The van der Waals surface area contributed by atoms with Crippen LogP contribution < -0.4 is 0 Å². The number of fused-ring (bicyclic) bond motifs is 1. The fourth-order valence-corrected chi connectivity index (χ4v) is 4.97. The maximum Gasteiger partial charge on any atom is 0.254 e. The second-order valence-electron chi connectivity index (χ2n) is 7.78. The number of thiophene rings is 1. The van der Waals surface area contributed by atoms with Gasteiger partial charge in [0.15, 0.2) is 0 Å². The Hall–Kier alpha value is -2.28. The molecule has 0 spiro atoms. The highest BCUT2D eigenvalue weighted by atomic mass is 32.1. The summed E-state index contributed by atoms with van der Waals surface area (Å²) < 4.78 is 5.77. The first kappa shape index (κ1) is 18.7. The Labute approximate surface area is 174 Å². The standard InChI is InChI=1S/C23H25N3O2S/c27-23(26-11-9-25(10-12-26)16-17-5-3-13-28-17)19-15-21(22-8-4-14-29-22)24-20-7-2-1-6-18(19)20/h1-2,4,6-8,14-15,17H,3,5,9-13,16H2/t17-/m1/s1. The molecule has 2 fully saturated rings. The van der Waals surface area contributed by atoms with Crippen molar-refractivity contribution >= 4 is 28.1 Å². The van der Waals surface area contributed by atoms with Gasteiger partial charge in [0.2, 0.25) is 0 Å². The highest BCUT2D eigenvalue weighted by Gasteiger charge is 2.26. The van der Waals surface area contributed by atoms with Crippen molar-refractivity contribution in [3.8, 4) is 10.6 Å². The lowest BCUT2D eigenvalue weighted by molar-refractivity contribution is 0.0433. The van der Waals surface area contributed by atoms with Crippen LogP contribution in [0.15, 0.2) is 47.8 Å². The van der Waals surface area contributed by atoms with E-state index < -0.39 is 0 Å². The van der Waals surface area contributed by atoms with Gasteiger partial charge in [0, 0.05) is 44.7 Å². The highest BCUT2D eigenvalue weighted by Crippen LogP contribution is 2.28. The molecule has 29 heavy (non-hydrogen) atoms. The molecule has 2 saturated heterocycles.